The molecule has 2 rings (SSSR count). The maximum absolute atomic E-state index is 10.2. The summed E-state index contributed by atoms with van der Waals surface area (Å²) >= 11 is 0. The van der Waals surface area contributed by atoms with Gasteiger partial charge in [-0.3, -0.25) is 4.79 Å². The van der Waals surface area contributed by atoms with E-state index in [0.717, 1.165) is 19.4 Å². The molecule has 94 valence electrons. The number of anilines is 1. The first-order valence-corrected chi connectivity index (χ1v) is 6.54. The summed E-state index contributed by atoms with van der Waals surface area (Å²) in [7, 11) is 0. The van der Waals surface area contributed by atoms with Crippen molar-refractivity contribution in [1.82, 2.24) is 0 Å². The Balaban J connectivity index is 2.16. The van der Waals surface area contributed by atoms with Gasteiger partial charge in [-0.05, 0) is 37.0 Å². The van der Waals surface area contributed by atoms with Crippen molar-refractivity contribution in [2.24, 2.45) is 0 Å². The summed E-state index contributed by atoms with van der Waals surface area (Å²) in [4.78, 5) is 12.7. The highest BCUT2D eigenvalue weighted by Gasteiger charge is 2.12. The number of allylic oxidation sites excluding steroid dienone is 3. The van der Waals surface area contributed by atoms with Crippen LogP contribution in [0.15, 0.2) is 42.5 Å². The van der Waals surface area contributed by atoms with E-state index in [2.05, 4.69) is 35.2 Å². The van der Waals surface area contributed by atoms with Crippen LogP contribution >= 0.6 is 0 Å². The van der Waals surface area contributed by atoms with Crippen molar-refractivity contribution in [3.8, 4) is 0 Å². The number of para-hydroxylation sites is 1. The van der Waals surface area contributed by atoms with Crippen LogP contribution in [0.4, 0.5) is 5.69 Å². The van der Waals surface area contributed by atoms with E-state index in [1.165, 1.54) is 36.6 Å². The third-order valence-corrected chi connectivity index (χ3v) is 3.21. The monoisotopic (exact) mass is 241 g/mol. The standard InChI is InChI=1S/C16H19NO/c18-14-8-1-3-9-15-10-4-5-11-16(15)17-12-6-2-7-13-17/h1,3-5,8-11,14H,2,6-7,12-13H2/b8-1+,9-3+. The summed E-state index contributed by atoms with van der Waals surface area (Å²) in [6.45, 7) is 2.30. The maximum Gasteiger partial charge on any atom is 0.142 e. The average molecular weight is 241 g/mol. The van der Waals surface area contributed by atoms with Gasteiger partial charge in [-0.2, -0.15) is 0 Å². The van der Waals surface area contributed by atoms with E-state index in [4.69, 9.17) is 0 Å². The molecule has 1 aliphatic rings. The van der Waals surface area contributed by atoms with Crippen molar-refractivity contribution in [2.75, 3.05) is 18.0 Å². The third kappa shape index (κ3) is 3.33. The van der Waals surface area contributed by atoms with Crippen molar-refractivity contribution < 1.29 is 4.79 Å². The number of carbonyl (C=O) groups excluding carboxylic acids is 1. The van der Waals surface area contributed by atoms with Crippen LogP contribution in [0.25, 0.3) is 6.08 Å². The van der Waals surface area contributed by atoms with Crippen molar-refractivity contribution in [2.45, 2.75) is 19.3 Å². The quantitative estimate of drug-likeness (QED) is 0.457. The molecule has 0 radical (unpaired) electrons. The Hall–Kier alpha value is -1.83. The smallest absolute Gasteiger partial charge is 0.142 e. The zero-order valence-electron chi connectivity index (χ0n) is 10.6. The molecule has 1 saturated heterocycles. The predicted molar refractivity (Wildman–Crippen MR) is 76.7 cm³/mol. The molecule has 0 amide bonds. The van der Waals surface area contributed by atoms with Gasteiger partial charge in [0, 0.05) is 18.8 Å². The summed E-state index contributed by atoms with van der Waals surface area (Å²) in [5, 5.41) is 0. The lowest BCUT2D eigenvalue weighted by Gasteiger charge is -2.30. The summed E-state index contributed by atoms with van der Waals surface area (Å²) < 4.78 is 0. The SMILES string of the molecule is O=C/C=C/C=C/c1ccccc1N1CCCCC1. The Kier molecular flexibility index (Phi) is 4.77. The zero-order chi connectivity index (χ0) is 12.6. The van der Waals surface area contributed by atoms with Gasteiger partial charge < -0.3 is 4.90 Å². The lowest BCUT2D eigenvalue weighted by Crippen LogP contribution is -2.29. The number of hydrogen-bond donors (Lipinski definition) is 0. The van der Waals surface area contributed by atoms with Crippen LogP contribution in [-0.4, -0.2) is 19.4 Å². The number of nitrogens with zero attached hydrogens (tertiary/aromatic N) is 1. The lowest BCUT2D eigenvalue weighted by molar-refractivity contribution is -0.104. The second-order valence-corrected chi connectivity index (χ2v) is 4.49. The van der Waals surface area contributed by atoms with Crippen molar-refractivity contribution >= 4 is 18.0 Å². The molecule has 0 N–H and O–H groups in total. The molecule has 1 aliphatic heterocycles. The predicted octanol–water partition coefficient (Wildman–Crippen LogP) is 3.45. The summed E-state index contributed by atoms with van der Waals surface area (Å²) in [5.74, 6) is 0. The summed E-state index contributed by atoms with van der Waals surface area (Å²) in [6, 6.07) is 8.43. The van der Waals surface area contributed by atoms with Crippen molar-refractivity contribution in [3.05, 3.63) is 48.1 Å². The van der Waals surface area contributed by atoms with Crippen LogP contribution in [0.2, 0.25) is 0 Å². The number of piperidine rings is 1. The third-order valence-electron chi connectivity index (χ3n) is 3.21. The molecule has 0 spiro atoms. The summed E-state index contributed by atoms with van der Waals surface area (Å²) in [6.07, 6.45) is 11.9. The first-order chi connectivity index (χ1) is 8.92. The highest BCUT2D eigenvalue weighted by Crippen LogP contribution is 2.24. The molecule has 1 aromatic rings. The number of carbonyl (C=O) groups is 1. The van der Waals surface area contributed by atoms with Gasteiger partial charge in [-0.25, -0.2) is 0 Å². The maximum atomic E-state index is 10.2. The average Bonchev–Trinajstić information content (AvgIpc) is 2.45. The molecule has 0 aromatic heterocycles. The van der Waals surface area contributed by atoms with E-state index in [1.54, 1.807) is 6.08 Å². The molecule has 1 heterocycles. The number of hydrogen-bond acceptors (Lipinski definition) is 2. The van der Waals surface area contributed by atoms with Gasteiger partial charge in [0.15, 0.2) is 0 Å². The van der Waals surface area contributed by atoms with Crippen molar-refractivity contribution in [3.63, 3.8) is 0 Å². The van der Waals surface area contributed by atoms with Gasteiger partial charge in [0.1, 0.15) is 6.29 Å². The molecule has 0 saturated carbocycles. The summed E-state index contributed by atoms with van der Waals surface area (Å²) in [5.41, 5.74) is 2.52. The van der Waals surface area contributed by atoms with Crippen LogP contribution in [-0.2, 0) is 4.79 Å². The molecule has 0 atom stereocenters. The fourth-order valence-electron chi connectivity index (χ4n) is 2.32. The minimum absolute atomic E-state index is 0.793. The van der Waals surface area contributed by atoms with Crippen LogP contribution in [0, 0.1) is 0 Å². The minimum atomic E-state index is 0.793. The first kappa shape index (κ1) is 12.6. The number of benzene rings is 1. The van der Waals surface area contributed by atoms with E-state index in [1.807, 2.05) is 6.08 Å². The fourth-order valence-corrected chi connectivity index (χ4v) is 2.32. The van der Waals surface area contributed by atoms with Gasteiger partial charge in [-0.15, -0.1) is 0 Å². The molecule has 2 nitrogen and oxygen atoms in total. The largest absolute Gasteiger partial charge is 0.371 e. The minimum Gasteiger partial charge on any atom is -0.371 e. The number of rotatable bonds is 4. The van der Waals surface area contributed by atoms with Gasteiger partial charge in [0.25, 0.3) is 0 Å². The van der Waals surface area contributed by atoms with Crippen molar-refractivity contribution in [1.29, 1.82) is 0 Å². The Morgan fingerprint density at radius 2 is 1.72 bits per heavy atom. The second-order valence-electron chi connectivity index (χ2n) is 4.49. The van der Waals surface area contributed by atoms with Crippen LogP contribution in [0.5, 0.6) is 0 Å². The van der Waals surface area contributed by atoms with E-state index in [-0.39, 0.29) is 0 Å². The lowest BCUT2D eigenvalue weighted by atomic mass is 10.1. The Morgan fingerprint density at radius 3 is 2.50 bits per heavy atom. The van der Waals surface area contributed by atoms with Gasteiger partial charge in [-0.1, -0.05) is 36.4 Å². The zero-order valence-corrected chi connectivity index (χ0v) is 10.6. The van der Waals surface area contributed by atoms with Crippen LogP contribution in [0.3, 0.4) is 0 Å². The molecule has 0 aliphatic carbocycles. The molecule has 2 heteroatoms. The molecule has 1 aromatic carbocycles. The highest BCUT2D eigenvalue weighted by molar-refractivity contribution is 5.70. The molecule has 0 bridgehead atoms. The van der Waals surface area contributed by atoms with E-state index in [0.29, 0.717) is 0 Å². The van der Waals surface area contributed by atoms with Gasteiger partial charge in [0.05, 0.1) is 0 Å². The fraction of sp³-hybridized carbons (Fsp3) is 0.312. The number of aldehydes is 1. The molecule has 0 unspecified atom stereocenters. The first-order valence-electron chi connectivity index (χ1n) is 6.54. The van der Waals surface area contributed by atoms with E-state index in [9.17, 15) is 4.79 Å². The van der Waals surface area contributed by atoms with Gasteiger partial charge in [0.2, 0.25) is 0 Å². The van der Waals surface area contributed by atoms with E-state index >= 15 is 0 Å². The second kappa shape index (κ2) is 6.80. The van der Waals surface area contributed by atoms with E-state index < -0.39 is 0 Å². The normalized spacial score (nSPS) is 16.6. The molecule has 18 heavy (non-hydrogen) atoms. The van der Waals surface area contributed by atoms with Crippen LogP contribution in [0.1, 0.15) is 24.8 Å². The topological polar surface area (TPSA) is 20.3 Å². The van der Waals surface area contributed by atoms with Crippen LogP contribution < -0.4 is 4.90 Å². The molecular formula is C16H19NO. The Labute approximate surface area is 109 Å². The highest BCUT2D eigenvalue weighted by atomic mass is 16.1. The molecular weight excluding hydrogens is 222 g/mol. The molecule has 1 fully saturated rings. The van der Waals surface area contributed by atoms with Gasteiger partial charge >= 0.3 is 0 Å². The Morgan fingerprint density at radius 1 is 0.944 bits per heavy atom. The Bertz CT molecular complexity index is 442.